The Hall–Kier alpha value is -2.22. The van der Waals surface area contributed by atoms with Gasteiger partial charge in [0, 0.05) is 32.4 Å². The molecule has 0 saturated carbocycles. The minimum absolute atomic E-state index is 0.300. The average Bonchev–Trinajstić information content (AvgIpc) is 2.81. The lowest BCUT2D eigenvalue weighted by molar-refractivity contribution is 0.582. The van der Waals surface area contributed by atoms with Gasteiger partial charge in [0.05, 0.1) is 18.4 Å². The first-order chi connectivity index (χ1) is 8.52. The molecule has 0 aliphatic rings. The van der Waals surface area contributed by atoms with Gasteiger partial charge in [0.25, 0.3) is 5.56 Å². The van der Waals surface area contributed by atoms with Crippen LogP contribution in [0.4, 0.5) is 0 Å². The van der Waals surface area contributed by atoms with Crippen LogP contribution in [0.1, 0.15) is 11.4 Å². The van der Waals surface area contributed by atoms with Crippen LogP contribution in [0.5, 0.6) is 0 Å². The van der Waals surface area contributed by atoms with Crippen LogP contribution in [0.3, 0.4) is 0 Å². The second-order valence-corrected chi connectivity index (χ2v) is 3.99. The average molecular weight is 250 g/mol. The highest BCUT2D eigenvalue weighted by Gasteiger charge is 2.07. The number of hydrogen-bond donors (Lipinski definition) is 1. The van der Waals surface area contributed by atoms with Crippen molar-refractivity contribution in [2.24, 2.45) is 19.8 Å². The van der Waals surface area contributed by atoms with Gasteiger partial charge >= 0.3 is 5.69 Å². The zero-order valence-electron chi connectivity index (χ0n) is 10.2. The van der Waals surface area contributed by atoms with E-state index in [1.165, 1.54) is 22.4 Å². The van der Waals surface area contributed by atoms with E-state index in [2.05, 4.69) is 10.3 Å². The van der Waals surface area contributed by atoms with E-state index >= 15 is 0 Å². The topological polar surface area (TPSA) is 101 Å². The van der Waals surface area contributed by atoms with Crippen molar-refractivity contribution in [3.63, 3.8) is 0 Å². The molecule has 0 aromatic carbocycles. The fraction of sp³-hybridized carbons (Fsp3) is 0.400. The summed E-state index contributed by atoms with van der Waals surface area (Å²) in [5, 5.41) is 7.71. The van der Waals surface area contributed by atoms with Gasteiger partial charge in [0.2, 0.25) is 0 Å². The van der Waals surface area contributed by atoms with Crippen LogP contribution in [-0.4, -0.2) is 24.1 Å². The molecule has 0 radical (unpaired) electrons. The third kappa shape index (κ3) is 2.09. The number of aromatic nitrogens is 5. The first kappa shape index (κ1) is 12.2. The molecule has 0 bridgehead atoms. The molecule has 2 aromatic heterocycles. The van der Waals surface area contributed by atoms with Gasteiger partial charge in [-0.1, -0.05) is 5.21 Å². The summed E-state index contributed by atoms with van der Waals surface area (Å²) in [5.41, 5.74) is 5.95. The maximum atomic E-state index is 11.7. The SMILES string of the molecule is Cn1c(Cn2cc(CN)nn2)cc(=O)n(C)c1=O. The van der Waals surface area contributed by atoms with Gasteiger partial charge in [-0.2, -0.15) is 0 Å². The van der Waals surface area contributed by atoms with Crippen LogP contribution in [0.25, 0.3) is 0 Å². The molecule has 2 rings (SSSR count). The fourth-order valence-corrected chi connectivity index (χ4v) is 1.61. The summed E-state index contributed by atoms with van der Waals surface area (Å²) >= 11 is 0. The Morgan fingerprint density at radius 2 is 2.00 bits per heavy atom. The van der Waals surface area contributed by atoms with Crippen LogP contribution >= 0.6 is 0 Å². The first-order valence-corrected chi connectivity index (χ1v) is 5.38. The molecule has 0 fully saturated rings. The second kappa shape index (κ2) is 4.57. The van der Waals surface area contributed by atoms with Crippen LogP contribution in [0.15, 0.2) is 21.9 Å². The molecule has 0 aliphatic carbocycles. The molecule has 0 aliphatic heterocycles. The highest BCUT2D eigenvalue weighted by molar-refractivity contribution is 5.03. The second-order valence-electron chi connectivity index (χ2n) is 3.99. The highest BCUT2D eigenvalue weighted by Crippen LogP contribution is 1.97. The maximum absolute atomic E-state index is 11.7. The van der Waals surface area contributed by atoms with Crippen molar-refractivity contribution in [1.29, 1.82) is 0 Å². The van der Waals surface area contributed by atoms with E-state index in [0.717, 1.165) is 4.57 Å². The van der Waals surface area contributed by atoms with Crippen molar-refractivity contribution in [2.45, 2.75) is 13.1 Å². The van der Waals surface area contributed by atoms with Gasteiger partial charge in [-0.3, -0.25) is 13.9 Å². The van der Waals surface area contributed by atoms with Crippen molar-refractivity contribution in [2.75, 3.05) is 0 Å². The zero-order chi connectivity index (χ0) is 13.3. The lowest BCUT2D eigenvalue weighted by Gasteiger charge is -2.08. The Bertz CT molecular complexity index is 680. The summed E-state index contributed by atoms with van der Waals surface area (Å²) in [5.74, 6) is 0. The largest absolute Gasteiger partial charge is 0.330 e. The van der Waals surface area contributed by atoms with E-state index in [-0.39, 0.29) is 11.2 Å². The quantitative estimate of drug-likeness (QED) is 0.691. The van der Waals surface area contributed by atoms with E-state index in [1.54, 1.807) is 13.2 Å². The van der Waals surface area contributed by atoms with Gasteiger partial charge in [0.15, 0.2) is 0 Å². The van der Waals surface area contributed by atoms with Gasteiger partial charge in [0.1, 0.15) is 0 Å². The predicted molar refractivity (Wildman–Crippen MR) is 63.9 cm³/mol. The third-order valence-electron chi connectivity index (χ3n) is 2.74. The van der Waals surface area contributed by atoms with Crippen molar-refractivity contribution in [3.05, 3.63) is 44.5 Å². The Morgan fingerprint density at radius 3 is 2.61 bits per heavy atom. The third-order valence-corrected chi connectivity index (χ3v) is 2.74. The summed E-state index contributed by atoms with van der Waals surface area (Å²) in [4.78, 5) is 23.3. The van der Waals surface area contributed by atoms with E-state index in [1.807, 2.05) is 0 Å². The molecular formula is C10H14N6O2. The molecule has 96 valence electrons. The lowest BCUT2D eigenvalue weighted by Crippen LogP contribution is -2.38. The maximum Gasteiger partial charge on any atom is 0.330 e. The summed E-state index contributed by atoms with van der Waals surface area (Å²) in [7, 11) is 3.05. The molecule has 8 nitrogen and oxygen atoms in total. The van der Waals surface area contributed by atoms with Crippen molar-refractivity contribution < 1.29 is 0 Å². The standard InChI is InChI=1S/C10H14N6O2/c1-14-8(3-9(17)15(2)10(14)18)6-16-5-7(4-11)12-13-16/h3,5H,4,6,11H2,1-2H3. The number of nitrogens with two attached hydrogens (primary N) is 1. The normalized spacial score (nSPS) is 10.8. The van der Waals surface area contributed by atoms with Gasteiger partial charge in [-0.05, 0) is 0 Å². The van der Waals surface area contributed by atoms with Crippen LogP contribution in [-0.2, 0) is 27.2 Å². The lowest BCUT2D eigenvalue weighted by atomic mass is 10.4. The fourth-order valence-electron chi connectivity index (χ4n) is 1.61. The van der Waals surface area contributed by atoms with E-state index in [9.17, 15) is 9.59 Å². The number of rotatable bonds is 3. The van der Waals surface area contributed by atoms with E-state index < -0.39 is 0 Å². The Kier molecular flexibility index (Phi) is 3.11. The van der Waals surface area contributed by atoms with E-state index in [4.69, 9.17) is 5.73 Å². The Balaban J connectivity index is 2.41. The van der Waals surface area contributed by atoms with Crippen molar-refractivity contribution in [3.8, 4) is 0 Å². The van der Waals surface area contributed by atoms with E-state index in [0.29, 0.717) is 24.5 Å². The molecule has 2 aromatic rings. The smallest absolute Gasteiger partial charge is 0.325 e. The minimum atomic E-state index is -0.364. The number of hydrogen-bond acceptors (Lipinski definition) is 5. The van der Waals surface area contributed by atoms with Gasteiger partial charge in [-0.25, -0.2) is 9.48 Å². The molecule has 0 spiro atoms. The molecule has 0 atom stereocenters. The molecule has 0 unspecified atom stereocenters. The summed E-state index contributed by atoms with van der Waals surface area (Å²) < 4.78 is 4.00. The van der Waals surface area contributed by atoms with Crippen LogP contribution < -0.4 is 17.0 Å². The minimum Gasteiger partial charge on any atom is -0.325 e. The summed E-state index contributed by atoms with van der Waals surface area (Å²) in [6.07, 6.45) is 1.68. The van der Waals surface area contributed by atoms with Crippen LogP contribution in [0, 0.1) is 0 Å². The van der Waals surface area contributed by atoms with Gasteiger partial charge < -0.3 is 5.73 Å². The molecule has 0 amide bonds. The van der Waals surface area contributed by atoms with Crippen molar-refractivity contribution in [1.82, 2.24) is 24.1 Å². The zero-order valence-corrected chi connectivity index (χ0v) is 10.2. The van der Waals surface area contributed by atoms with Crippen LogP contribution in [0.2, 0.25) is 0 Å². The molecule has 0 saturated heterocycles. The monoisotopic (exact) mass is 250 g/mol. The summed E-state index contributed by atoms with van der Waals surface area (Å²) in [6, 6.07) is 1.41. The summed E-state index contributed by atoms with van der Waals surface area (Å²) in [6.45, 7) is 0.601. The highest BCUT2D eigenvalue weighted by atomic mass is 16.2. The predicted octanol–water partition coefficient (Wildman–Crippen LogP) is -1.82. The molecule has 8 heteroatoms. The Labute approximate surface area is 102 Å². The van der Waals surface area contributed by atoms with Crippen molar-refractivity contribution >= 4 is 0 Å². The molecule has 2 heterocycles. The van der Waals surface area contributed by atoms with Gasteiger partial charge in [-0.15, -0.1) is 5.10 Å². The molecule has 18 heavy (non-hydrogen) atoms. The Morgan fingerprint density at radius 1 is 1.28 bits per heavy atom. The first-order valence-electron chi connectivity index (χ1n) is 5.38. The molecular weight excluding hydrogens is 236 g/mol. The number of nitrogens with zero attached hydrogens (tertiary/aromatic N) is 5. The molecule has 2 N–H and O–H groups in total.